The number of ether oxygens (including phenoxy) is 1. The fourth-order valence-corrected chi connectivity index (χ4v) is 2.62. The number of fused-ring (bicyclic) bond motifs is 1. The van der Waals surface area contributed by atoms with Crippen molar-refractivity contribution < 1.29 is 9.84 Å². The summed E-state index contributed by atoms with van der Waals surface area (Å²) < 4.78 is 5.96. The van der Waals surface area contributed by atoms with Crippen molar-refractivity contribution >= 4 is 0 Å². The highest BCUT2D eigenvalue weighted by molar-refractivity contribution is 5.36. The minimum absolute atomic E-state index is 0.102. The summed E-state index contributed by atoms with van der Waals surface area (Å²) in [6.45, 7) is 0. The quantitative estimate of drug-likeness (QED) is 0.908. The van der Waals surface area contributed by atoms with E-state index in [1.54, 1.807) is 0 Å². The molecule has 0 radical (unpaired) electrons. The van der Waals surface area contributed by atoms with E-state index >= 15 is 0 Å². The van der Waals surface area contributed by atoms with E-state index < -0.39 is 6.10 Å². The third-order valence-electron chi connectivity index (χ3n) is 3.66. The molecule has 2 aromatic carbocycles. The molecule has 3 rings (SSSR count). The number of rotatable bonds is 3. The number of aryl methyl sites for hydroxylation is 1. The minimum Gasteiger partial charge on any atom is -0.490 e. The van der Waals surface area contributed by atoms with E-state index in [1.807, 2.05) is 30.3 Å². The summed E-state index contributed by atoms with van der Waals surface area (Å²) in [4.78, 5) is 0. The van der Waals surface area contributed by atoms with Crippen LogP contribution in [-0.2, 0) is 6.42 Å². The van der Waals surface area contributed by atoms with Crippen molar-refractivity contribution in [3.05, 3.63) is 65.7 Å². The van der Waals surface area contributed by atoms with E-state index in [0.717, 1.165) is 24.2 Å². The highest BCUT2D eigenvalue weighted by atomic mass is 16.5. The molecule has 0 saturated heterocycles. The van der Waals surface area contributed by atoms with Gasteiger partial charge in [-0.15, -0.1) is 0 Å². The van der Waals surface area contributed by atoms with E-state index in [2.05, 4.69) is 24.3 Å². The molecule has 0 saturated carbocycles. The van der Waals surface area contributed by atoms with Crippen molar-refractivity contribution in [2.45, 2.75) is 31.5 Å². The molecule has 0 aliphatic carbocycles. The van der Waals surface area contributed by atoms with Crippen molar-refractivity contribution in [1.29, 1.82) is 0 Å². The summed E-state index contributed by atoms with van der Waals surface area (Å²) >= 11 is 0. The van der Waals surface area contributed by atoms with Gasteiger partial charge in [0, 0.05) is 12.0 Å². The smallest absolute Gasteiger partial charge is 0.125 e. The Morgan fingerprint density at radius 3 is 2.58 bits per heavy atom. The van der Waals surface area contributed by atoms with E-state index in [1.165, 1.54) is 5.56 Å². The summed E-state index contributed by atoms with van der Waals surface area (Å²) in [5, 5.41) is 10.1. The van der Waals surface area contributed by atoms with Crippen LogP contribution in [0.5, 0.6) is 5.75 Å². The maximum absolute atomic E-state index is 10.1. The second-order valence-corrected chi connectivity index (χ2v) is 5.05. The molecule has 2 aromatic rings. The summed E-state index contributed by atoms with van der Waals surface area (Å²) in [5.41, 5.74) is 2.23. The molecule has 1 aliphatic rings. The first-order chi connectivity index (χ1) is 9.33. The van der Waals surface area contributed by atoms with Crippen LogP contribution >= 0.6 is 0 Å². The number of benzene rings is 2. The van der Waals surface area contributed by atoms with Crippen LogP contribution in [0.2, 0.25) is 0 Å². The lowest BCUT2D eigenvalue weighted by Gasteiger charge is -2.29. The highest BCUT2D eigenvalue weighted by Crippen LogP contribution is 2.35. The topological polar surface area (TPSA) is 29.5 Å². The number of para-hydroxylation sites is 1. The largest absolute Gasteiger partial charge is 0.490 e. The zero-order valence-electron chi connectivity index (χ0n) is 10.8. The lowest BCUT2D eigenvalue weighted by atomic mass is 9.95. The van der Waals surface area contributed by atoms with Crippen LogP contribution in [0.25, 0.3) is 0 Å². The first kappa shape index (κ1) is 12.2. The highest BCUT2D eigenvalue weighted by Gasteiger charge is 2.26. The van der Waals surface area contributed by atoms with Crippen molar-refractivity contribution in [2.75, 3.05) is 0 Å². The standard InChI is InChI=1S/C17H18O2/c18-16-12-14(11-10-13-6-2-1-3-7-13)19-17-9-5-4-8-15(16)17/h1-9,14,16,18H,10-12H2. The van der Waals surface area contributed by atoms with Gasteiger partial charge in [-0.05, 0) is 24.5 Å². The number of aliphatic hydroxyl groups excluding tert-OH is 1. The fraction of sp³-hybridized carbons (Fsp3) is 0.294. The molecule has 1 N–H and O–H groups in total. The van der Waals surface area contributed by atoms with Crippen molar-refractivity contribution in [1.82, 2.24) is 0 Å². The Morgan fingerprint density at radius 1 is 1.00 bits per heavy atom. The maximum Gasteiger partial charge on any atom is 0.125 e. The first-order valence-corrected chi connectivity index (χ1v) is 6.80. The molecule has 98 valence electrons. The third kappa shape index (κ3) is 2.79. The van der Waals surface area contributed by atoms with E-state index in [9.17, 15) is 5.11 Å². The molecular weight excluding hydrogens is 236 g/mol. The summed E-state index contributed by atoms with van der Waals surface area (Å²) in [6.07, 6.45) is 2.32. The zero-order valence-corrected chi connectivity index (χ0v) is 10.8. The molecule has 0 amide bonds. The molecule has 1 heterocycles. The van der Waals surface area contributed by atoms with E-state index in [0.29, 0.717) is 6.42 Å². The number of aliphatic hydroxyl groups is 1. The minimum atomic E-state index is -0.397. The van der Waals surface area contributed by atoms with Crippen LogP contribution < -0.4 is 4.74 Å². The Morgan fingerprint density at radius 2 is 1.74 bits per heavy atom. The SMILES string of the molecule is OC1CC(CCc2ccccc2)Oc2ccccc21. The van der Waals surface area contributed by atoms with Gasteiger partial charge in [0.2, 0.25) is 0 Å². The molecule has 2 unspecified atom stereocenters. The molecule has 0 bridgehead atoms. The van der Waals surface area contributed by atoms with Crippen LogP contribution in [0, 0.1) is 0 Å². The average molecular weight is 254 g/mol. The normalized spacial score (nSPS) is 21.5. The molecule has 2 heteroatoms. The van der Waals surface area contributed by atoms with Gasteiger partial charge in [0.25, 0.3) is 0 Å². The Bertz CT molecular complexity index is 536. The molecule has 19 heavy (non-hydrogen) atoms. The van der Waals surface area contributed by atoms with Crippen LogP contribution in [0.3, 0.4) is 0 Å². The van der Waals surface area contributed by atoms with Gasteiger partial charge in [0.05, 0.1) is 6.10 Å². The van der Waals surface area contributed by atoms with Gasteiger partial charge in [-0.25, -0.2) is 0 Å². The maximum atomic E-state index is 10.1. The van der Waals surface area contributed by atoms with Crippen LogP contribution in [0.1, 0.15) is 30.1 Å². The van der Waals surface area contributed by atoms with Crippen molar-refractivity contribution in [2.24, 2.45) is 0 Å². The Kier molecular flexibility index (Phi) is 3.51. The number of hydrogen-bond acceptors (Lipinski definition) is 2. The van der Waals surface area contributed by atoms with Gasteiger partial charge in [-0.2, -0.15) is 0 Å². The summed E-state index contributed by atoms with van der Waals surface area (Å²) in [7, 11) is 0. The van der Waals surface area contributed by atoms with Crippen LogP contribution in [0.4, 0.5) is 0 Å². The Hall–Kier alpha value is -1.80. The molecule has 2 nitrogen and oxygen atoms in total. The summed E-state index contributed by atoms with van der Waals surface area (Å²) in [6, 6.07) is 18.2. The summed E-state index contributed by atoms with van der Waals surface area (Å²) in [5.74, 6) is 0.833. The lowest BCUT2D eigenvalue weighted by Crippen LogP contribution is -2.26. The molecular formula is C17H18O2. The van der Waals surface area contributed by atoms with Gasteiger partial charge in [0.1, 0.15) is 11.9 Å². The van der Waals surface area contributed by atoms with E-state index in [4.69, 9.17) is 4.74 Å². The van der Waals surface area contributed by atoms with Gasteiger partial charge in [-0.1, -0.05) is 48.5 Å². The average Bonchev–Trinajstić information content (AvgIpc) is 2.46. The molecule has 0 fully saturated rings. The van der Waals surface area contributed by atoms with Gasteiger partial charge in [0.15, 0.2) is 0 Å². The second-order valence-electron chi connectivity index (χ2n) is 5.05. The Labute approximate surface area is 113 Å². The molecule has 0 aromatic heterocycles. The van der Waals surface area contributed by atoms with Crippen LogP contribution in [-0.4, -0.2) is 11.2 Å². The molecule has 1 aliphatic heterocycles. The van der Waals surface area contributed by atoms with Gasteiger partial charge >= 0.3 is 0 Å². The van der Waals surface area contributed by atoms with Gasteiger partial charge in [-0.3, -0.25) is 0 Å². The first-order valence-electron chi connectivity index (χ1n) is 6.80. The van der Waals surface area contributed by atoms with Crippen LogP contribution in [0.15, 0.2) is 54.6 Å². The second kappa shape index (κ2) is 5.45. The zero-order chi connectivity index (χ0) is 13.1. The fourth-order valence-electron chi connectivity index (χ4n) is 2.62. The van der Waals surface area contributed by atoms with Crippen molar-refractivity contribution in [3.8, 4) is 5.75 Å². The monoisotopic (exact) mass is 254 g/mol. The predicted molar refractivity (Wildman–Crippen MR) is 75.2 cm³/mol. The predicted octanol–water partition coefficient (Wildman–Crippen LogP) is 3.50. The molecule has 0 spiro atoms. The molecule has 2 atom stereocenters. The van der Waals surface area contributed by atoms with Gasteiger partial charge < -0.3 is 9.84 Å². The third-order valence-corrected chi connectivity index (χ3v) is 3.66. The Balaban J connectivity index is 1.65. The number of hydrogen-bond donors (Lipinski definition) is 1. The lowest BCUT2D eigenvalue weighted by molar-refractivity contribution is 0.0620. The van der Waals surface area contributed by atoms with Crippen molar-refractivity contribution in [3.63, 3.8) is 0 Å². The van der Waals surface area contributed by atoms with E-state index in [-0.39, 0.29) is 6.10 Å².